The number of aryl methyl sites for hydroxylation is 1. The summed E-state index contributed by atoms with van der Waals surface area (Å²) in [5, 5.41) is 3.41. The number of carbonyl (C=O) groups is 1. The molecule has 0 spiro atoms. The summed E-state index contributed by atoms with van der Waals surface area (Å²) in [4.78, 5) is 11.9. The first-order valence-corrected chi connectivity index (χ1v) is 7.31. The molecule has 2 aromatic rings. The van der Waals surface area contributed by atoms with Crippen molar-refractivity contribution in [2.45, 2.75) is 12.8 Å². The molecule has 0 unspecified atom stereocenters. The van der Waals surface area contributed by atoms with Gasteiger partial charge < -0.3 is 11.1 Å². The molecular formula is C15H14BrClN2O. The first kappa shape index (κ1) is 14.9. The highest BCUT2D eigenvalue weighted by molar-refractivity contribution is 9.10. The Bertz CT molecular complexity index is 614. The quantitative estimate of drug-likeness (QED) is 0.807. The minimum Gasteiger partial charge on any atom is -0.399 e. The van der Waals surface area contributed by atoms with Gasteiger partial charge in [-0.05, 0) is 52.2 Å². The van der Waals surface area contributed by atoms with Crippen LogP contribution in [0.5, 0.6) is 0 Å². The zero-order valence-electron chi connectivity index (χ0n) is 10.7. The smallest absolute Gasteiger partial charge is 0.224 e. The van der Waals surface area contributed by atoms with E-state index in [1.165, 1.54) is 0 Å². The minimum atomic E-state index is -0.0511. The highest BCUT2D eigenvalue weighted by Crippen LogP contribution is 2.30. The molecule has 0 aromatic heterocycles. The van der Waals surface area contributed by atoms with Gasteiger partial charge in [0.2, 0.25) is 5.91 Å². The number of benzene rings is 2. The van der Waals surface area contributed by atoms with E-state index in [-0.39, 0.29) is 5.91 Å². The molecule has 0 saturated heterocycles. The topological polar surface area (TPSA) is 55.1 Å². The molecule has 0 aliphatic rings. The maximum absolute atomic E-state index is 11.9. The van der Waals surface area contributed by atoms with Gasteiger partial charge in [-0.25, -0.2) is 0 Å². The molecule has 3 nitrogen and oxygen atoms in total. The number of nitrogen functional groups attached to an aromatic ring is 1. The number of carbonyl (C=O) groups excluding carboxylic acids is 1. The summed E-state index contributed by atoms with van der Waals surface area (Å²) in [6, 6.07) is 12.9. The number of amides is 1. The van der Waals surface area contributed by atoms with Crippen LogP contribution >= 0.6 is 27.5 Å². The molecule has 2 aromatic carbocycles. The summed E-state index contributed by atoms with van der Waals surface area (Å²) in [7, 11) is 0. The average Bonchev–Trinajstić information content (AvgIpc) is 2.43. The summed E-state index contributed by atoms with van der Waals surface area (Å²) in [6.45, 7) is 0. The van der Waals surface area contributed by atoms with E-state index < -0.39 is 0 Å². The van der Waals surface area contributed by atoms with E-state index in [2.05, 4.69) is 21.2 Å². The lowest BCUT2D eigenvalue weighted by atomic mass is 10.1. The van der Waals surface area contributed by atoms with Crippen LogP contribution in [0.1, 0.15) is 12.0 Å². The monoisotopic (exact) mass is 352 g/mol. The highest BCUT2D eigenvalue weighted by Gasteiger charge is 2.08. The first-order chi connectivity index (χ1) is 9.56. The average molecular weight is 354 g/mol. The summed E-state index contributed by atoms with van der Waals surface area (Å²) in [6.07, 6.45) is 1.08. The third kappa shape index (κ3) is 3.99. The Kier molecular flexibility index (Phi) is 5.04. The number of anilines is 2. The van der Waals surface area contributed by atoms with Crippen LogP contribution in [0.3, 0.4) is 0 Å². The van der Waals surface area contributed by atoms with Crippen molar-refractivity contribution >= 4 is 44.8 Å². The molecular weight excluding hydrogens is 340 g/mol. The zero-order valence-corrected chi connectivity index (χ0v) is 13.0. The summed E-state index contributed by atoms with van der Waals surface area (Å²) in [5.74, 6) is -0.0511. The number of hydrogen-bond donors (Lipinski definition) is 2. The Balaban J connectivity index is 1.92. The molecule has 0 atom stereocenters. The van der Waals surface area contributed by atoms with Crippen molar-refractivity contribution < 1.29 is 4.79 Å². The lowest BCUT2D eigenvalue weighted by Gasteiger charge is -2.08. The fourth-order valence-electron chi connectivity index (χ4n) is 1.76. The van der Waals surface area contributed by atoms with Gasteiger partial charge in [-0.1, -0.05) is 29.8 Å². The molecule has 0 radical (unpaired) electrons. The molecule has 5 heteroatoms. The second kappa shape index (κ2) is 6.77. The fourth-order valence-corrected chi connectivity index (χ4v) is 2.29. The van der Waals surface area contributed by atoms with Crippen molar-refractivity contribution in [3.8, 4) is 0 Å². The van der Waals surface area contributed by atoms with Gasteiger partial charge in [0.1, 0.15) is 0 Å². The standard InChI is InChI=1S/C15H14BrClN2O/c16-15-12(17)2-1-3-13(15)19-14(20)9-6-10-4-7-11(18)8-5-10/h1-5,7-8H,6,9,18H2,(H,19,20). The van der Waals surface area contributed by atoms with E-state index in [0.29, 0.717) is 28.0 Å². The van der Waals surface area contributed by atoms with Gasteiger partial charge in [-0.3, -0.25) is 4.79 Å². The van der Waals surface area contributed by atoms with Gasteiger partial charge in [0, 0.05) is 12.1 Å². The molecule has 2 rings (SSSR count). The number of rotatable bonds is 4. The predicted octanol–water partition coefficient (Wildman–Crippen LogP) is 4.26. The van der Waals surface area contributed by atoms with Crippen molar-refractivity contribution in [3.63, 3.8) is 0 Å². The first-order valence-electron chi connectivity index (χ1n) is 6.14. The molecule has 0 saturated carbocycles. The van der Waals surface area contributed by atoms with Crippen molar-refractivity contribution in [2.75, 3.05) is 11.1 Å². The van der Waals surface area contributed by atoms with E-state index in [4.69, 9.17) is 17.3 Å². The van der Waals surface area contributed by atoms with Gasteiger partial charge in [0.15, 0.2) is 0 Å². The molecule has 0 heterocycles. The molecule has 0 aliphatic carbocycles. The number of nitrogens with two attached hydrogens (primary N) is 1. The van der Waals surface area contributed by atoms with Crippen LogP contribution in [0, 0.1) is 0 Å². The molecule has 3 N–H and O–H groups in total. The SMILES string of the molecule is Nc1ccc(CCC(=O)Nc2cccc(Cl)c2Br)cc1. The lowest BCUT2D eigenvalue weighted by Crippen LogP contribution is -2.12. The third-order valence-electron chi connectivity index (χ3n) is 2.85. The van der Waals surface area contributed by atoms with Crippen LogP contribution in [0.2, 0.25) is 5.02 Å². The number of nitrogens with one attached hydrogen (secondary N) is 1. The second-order valence-corrected chi connectivity index (χ2v) is 5.59. The fraction of sp³-hybridized carbons (Fsp3) is 0.133. The van der Waals surface area contributed by atoms with Gasteiger partial charge in [-0.2, -0.15) is 0 Å². The molecule has 0 bridgehead atoms. The van der Waals surface area contributed by atoms with Crippen LogP contribution in [0.4, 0.5) is 11.4 Å². The predicted molar refractivity (Wildman–Crippen MR) is 87.0 cm³/mol. The summed E-state index contributed by atoms with van der Waals surface area (Å²) >= 11 is 9.33. The van der Waals surface area contributed by atoms with Crippen molar-refractivity contribution in [3.05, 3.63) is 57.5 Å². The molecule has 20 heavy (non-hydrogen) atoms. The Morgan fingerprint density at radius 1 is 1.20 bits per heavy atom. The van der Waals surface area contributed by atoms with E-state index >= 15 is 0 Å². The van der Waals surface area contributed by atoms with Crippen molar-refractivity contribution in [1.82, 2.24) is 0 Å². The molecule has 104 valence electrons. The van der Waals surface area contributed by atoms with Crippen molar-refractivity contribution in [2.24, 2.45) is 0 Å². The molecule has 1 amide bonds. The van der Waals surface area contributed by atoms with Gasteiger partial charge in [-0.15, -0.1) is 0 Å². The lowest BCUT2D eigenvalue weighted by molar-refractivity contribution is -0.116. The largest absolute Gasteiger partial charge is 0.399 e. The number of hydrogen-bond acceptors (Lipinski definition) is 2. The van der Waals surface area contributed by atoms with Gasteiger partial charge in [0.25, 0.3) is 0 Å². The second-order valence-electron chi connectivity index (χ2n) is 4.39. The van der Waals surface area contributed by atoms with E-state index in [1.807, 2.05) is 24.3 Å². The van der Waals surface area contributed by atoms with Crippen molar-refractivity contribution in [1.29, 1.82) is 0 Å². The third-order valence-corrected chi connectivity index (χ3v) is 4.24. The maximum Gasteiger partial charge on any atom is 0.224 e. The molecule has 0 aliphatic heterocycles. The molecule has 0 fully saturated rings. The Labute approximate surface area is 131 Å². The number of halogens is 2. The van der Waals surface area contributed by atoms with E-state index in [0.717, 1.165) is 11.3 Å². The normalized spacial score (nSPS) is 10.3. The van der Waals surface area contributed by atoms with E-state index in [9.17, 15) is 4.79 Å². The summed E-state index contributed by atoms with van der Waals surface area (Å²) < 4.78 is 0.697. The van der Waals surface area contributed by atoms with Crippen LogP contribution in [-0.2, 0) is 11.2 Å². The Morgan fingerprint density at radius 3 is 2.60 bits per heavy atom. The highest BCUT2D eigenvalue weighted by atomic mass is 79.9. The Hall–Kier alpha value is -1.52. The zero-order chi connectivity index (χ0) is 14.5. The van der Waals surface area contributed by atoms with Crippen LogP contribution < -0.4 is 11.1 Å². The maximum atomic E-state index is 11.9. The van der Waals surface area contributed by atoms with Gasteiger partial charge in [0.05, 0.1) is 15.2 Å². The summed E-state index contributed by atoms with van der Waals surface area (Å²) in [5.41, 5.74) is 8.11. The van der Waals surface area contributed by atoms with Crippen LogP contribution in [0.15, 0.2) is 46.9 Å². The van der Waals surface area contributed by atoms with Crippen LogP contribution in [0.25, 0.3) is 0 Å². The van der Waals surface area contributed by atoms with E-state index in [1.54, 1.807) is 18.2 Å². The van der Waals surface area contributed by atoms with Crippen LogP contribution in [-0.4, -0.2) is 5.91 Å². The Morgan fingerprint density at radius 2 is 1.90 bits per heavy atom. The van der Waals surface area contributed by atoms with Gasteiger partial charge >= 0.3 is 0 Å². The minimum absolute atomic E-state index is 0.0511.